The van der Waals surface area contributed by atoms with E-state index in [0.717, 1.165) is 17.6 Å². The summed E-state index contributed by atoms with van der Waals surface area (Å²) in [5, 5.41) is 1.30. The zero-order valence-corrected chi connectivity index (χ0v) is 9.87. The van der Waals surface area contributed by atoms with Crippen molar-refractivity contribution < 1.29 is 0 Å². The van der Waals surface area contributed by atoms with Crippen LogP contribution in [0.1, 0.15) is 24.0 Å². The molecule has 2 heteroatoms. The maximum atomic E-state index is 5.41. The first-order valence-corrected chi connectivity index (χ1v) is 6.16. The third-order valence-electron chi connectivity index (χ3n) is 3.53. The number of hydrogen-bond acceptors (Lipinski definition) is 1. The van der Waals surface area contributed by atoms with Gasteiger partial charge in [0.05, 0.1) is 0 Å². The molecule has 0 spiro atoms. The zero-order valence-electron chi connectivity index (χ0n) is 9.87. The normalized spacial score (nSPS) is 16.4. The lowest BCUT2D eigenvalue weighted by Crippen LogP contribution is -2.17. The van der Waals surface area contributed by atoms with Gasteiger partial charge < -0.3 is 4.98 Å². The minimum atomic E-state index is 0.937. The van der Waals surface area contributed by atoms with Gasteiger partial charge in [0.1, 0.15) is 0 Å². The number of nitrogens with zero attached hydrogens (tertiary/aromatic N) is 1. The van der Waals surface area contributed by atoms with Gasteiger partial charge in [-0.15, -0.1) is 6.42 Å². The van der Waals surface area contributed by atoms with E-state index >= 15 is 0 Å². The predicted octanol–water partition coefficient (Wildman–Crippen LogP) is 2.75. The first-order valence-electron chi connectivity index (χ1n) is 6.16. The summed E-state index contributed by atoms with van der Waals surface area (Å²) in [6.45, 7) is 3.51. The van der Waals surface area contributed by atoms with Gasteiger partial charge in [0.15, 0.2) is 0 Å². The summed E-state index contributed by atoms with van der Waals surface area (Å²) >= 11 is 0. The first kappa shape index (κ1) is 10.4. The molecule has 86 valence electrons. The second kappa shape index (κ2) is 4.27. The lowest BCUT2D eigenvalue weighted by atomic mass is 10.1. The summed E-state index contributed by atoms with van der Waals surface area (Å²) in [6.07, 6.45) is 10.2. The maximum Gasteiger partial charge on any atom is 0.0469 e. The number of fused-ring (bicyclic) bond motifs is 1. The van der Waals surface area contributed by atoms with Crippen LogP contribution in [0, 0.1) is 12.3 Å². The van der Waals surface area contributed by atoms with Gasteiger partial charge in [-0.25, -0.2) is 0 Å². The summed E-state index contributed by atoms with van der Waals surface area (Å²) < 4.78 is 0. The van der Waals surface area contributed by atoms with Gasteiger partial charge in [-0.05, 0) is 43.6 Å². The molecule has 3 rings (SSSR count). The van der Waals surface area contributed by atoms with E-state index in [9.17, 15) is 0 Å². The quantitative estimate of drug-likeness (QED) is 0.777. The Hall–Kier alpha value is -1.72. The largest absolute Gasteiger partial charge is 0.361 e. The van der Waals surface area contributed by atoms with Crippen LogP contribution in [0.2, 0.25) is 0 Å². The SMILES string of the molecule is C#Cc1ccc2c(CN3CCCC3)c[nH]c2c1. The molecule has 1 N–H and O–H groups in total. The van der Waals surface area contributed by atoms with E-state index < -0.39 is 0 Å². The fourth-order valence-electron chi connectivity index (χ4n) is 2.59. The number of H-pyrrole nitrogens is 1. The lowest BCUT2D eigenvalue weighted by molar-refractivity contribution is 0.332. The molecule has 0 bridgehead atoms. The van der Waals surface area contributed by atoms with Gasteiger partial charge in [-0.2, -0.15) is 0 Å². The molecule has 0 aliphatic carbocycles. The number of aromatic amines is 1. The number of benzene rings is 1. The Kier molecular flexibility index (Phi) is 2.62. The highest BCUT2D eigenvalue weighted by molar-refractivity contribution is 5.84. The van der Waals surface area contributed by atoms with E-state index in [1.54, 1.807) is 0 Å². The van der Waals surface area contributed by atoms with Gasteiger partial charge in [0, 0.05) is 29.2 Å². The molecule has 1 aliphatic heterocycles. The van der Waals surface area contributed by atoms with Crippen LogP contribution in [-0.4, -0.2) is 23.0 Å². The minimum Gasteiger partial charge on any atom is -0.361 e. The number of hydrogen-bond donors (Lipinski definition) is 1. The topological polar surface area (TPSA) is 19.0 Å². The van der Waals surface area contributed by atoms with Crippen molar-refractivity contribution in [3.8, 4) is 12.3 Å². The maximum absolute atomic E-state index is 5.41. The van der Waals surface area contributed by atoms with Crippen molar-refractivity contribution in [3.05, 3.63) is 35.5 Å². The van der Waals surface area contributed by atoms with E-state index in [4.69, 9.17) is 6.42 Å². The number of rotatable bonds is 2. The molecule has 2 nitrogen and oxygen atoms in total. The van der Waals surface area contributed by atoms with Crippen molar-refractivity contribution in [2.75, 3.05) is 13.1 Å². The average molecular weight is 224 g/mol. The molecule has 0 radical (unpaired) electrons. The fourth-order valence-corrected chi connectivity index (χ4v) is 2.59. The van der Waals surface area contributed by atoms with Crippen LogP contribution in [0.25, 0.3) is 10.9 Å². The molecule has 1 aromatic heterocycles. The fraction of sp³-hybridized carbons (Fsp3) is 0.333. The standard InChI is InChI=1S/C15H16N2/c1-2-12-5-6-14-13(10-16-15(14)9-12)11-17-7-3-4-8-17/h1,5-6,9-10,16H,3-4,7-8,11H2. The molecule has 0 saturated carbocycles. The Balaban J connectivity index is 1.92. The summed E-state index contributed by atoms with van der Waals surface area (Å²) in [5.74, 6) is 2.67. The van der Waals surface area contributed by atoms with Crippen molar-refractivity contribution in [1.82, 2.24) is 9.88 Å². The van der Waals surface area contributed by atoms with Crippen molar-refractivity contribution in [1.29, 1.82) is 0 Å². The Morgan fingerprint density at radius 1 is 1.29 bits per heavy atom. The molecular formula is C15H16N2. The second-order valence-corrected chi connectivity index (χ2v) is 4.70. The van der Waals surface area contributed by atoms with Crippen molar-refractivity contribution in [2.45, 2.75) is 19.4 Å². The van der Waals surface area contributed by atoms with E-state index in [2.05, 4.69) is 28.1 Å². The molecule has 1 saturated heterocycles. The third kappa shape index (κ3) is 1.94. The van der Waals surface area contributed by atoms with Gasteiger partial charge in [0.2, 0.25) is 0 Å². The monoisotopic (exact) mass is 224 g/mol. The average Bonchev–Trinajstić information content (AvgIpc) is 2.99. The minimum absolute atomic E-state index is 0.937. The van der Waals surface area contributed by atoms with Gasteiger partial charge in [0.25, 0.3) is 0 Å². The molecule has 2 aromatic rings. The Morgan fingerprint density at radius 3 is 2.88 bits per heavy atom. The third-order valence-corrected chi connectivity index (χ3v) is 3.53. The number of likely N-dealkylation sites (tertiary alicyclic amines) is 1. The van der Waals surface area contributed by atoms with Gasteiger partial charge >= 0.3 is 0 Å². The number of terminal acetylenes is 1. The van der Waals surface area contributed by atoms with Crippen LogP contribution in [0.5, 0.6) is 0 Å². The molecular weight excluding hydrogens is 208 g/mol. The highest BCUT2D eigenvalue weighted by atomic mass is 15.1. The zero-order chi connectivity index (χ0) is 11.7. The molecule has 17 heavy (non-hydrogen) atoms. The van der Waals surface area contributed by atoms with Crippen molar-refractivity contribution in [2.24, 2.45) is 0 Å². The van der Waals surface area contributed by atoms with Crippen LogP contribution < -0.4 is 0 Å². The van der Waals surface area contributed by atoms with Crippen LogP contribution in [0.15, 0.2) is 24.4 Å². The van der Waals surface area contributed by atoms with Gasteiger partial charge in [-0.1, -0.05) is 12.0 Å². The molecule has 0 amide bonds. The molecule has 2 heterocycles. The van der Waals surface area contributed by atoms with Crippen LogP contribution >= 0.6 is 0 Å². The Labute approximate surface area is 102 Å². The number of aromatic nitrogens is 1. The smallest absolute Gasteiger partial charge is 0.0469 e. The molecule has 1 aromatic carbocycles. The molecule has 0 unspecified atom stereocenters. The molecule has 1 fully saturated rings. The van der Waals surface area contributed by atoms with E-state index in [1.807, 2.05) is 12.1 Å². The highest BCUT2D eigenvalue weighted by Crippen LogP contribution is 2.22. The van der Waals surface area contributed by atoms with E-state index in [0.29, 0.717) is 0 Å². The van der Waals surface area contributed by atoms with Crippen LogP contribution in [0.3, 0.4) is 0 Å². The Bertz CT molecular complexity index is 568. The van der Waals surface area contributed by atoms with Crippen molar-refractivity contribution in [3.63, 3.8) is 0 Å². The van der Waals surface area contributed by atoms with Crippen LogP contribution in [-0.2, 0) is 6.54 Å². The highest BCUT2D eigenvalue weighted by Gasteiger charge is 2.13. The molecule has 1 aliphatic rings. The van der Waals surface area contributed by atoms with Gasteiger partial charge in [-0.3, -0.25) is 4.90 Å². The molecule has 0 atom stereocenters. The second-order valence-electron chi connectivity index (χ2n) is 4.70. The summed E-state index contributed by atoms with van der Waals surface area (Å²) in [7, 11) is 0. The summed E-state index contributed by atoms with van der Waals surface area (Å²) in [5.41, 5.74) is 3.46. The first-order chi connectivity index (χ1) is 8.36. The predicted molar refractivity (Wildman–Crippen MR) is 70.7 cm³/mol. The lowest BCUT2D eigenvalue weighted by Gasteiger charge is -2.13. The summed E-state index contributed by atoms with van der Waals surface area (Å²) in [4.78, 5) is 5.83. The number of nitrogens with one attached hydrogen (secondary N) is 1. The summed E-state index contributed by atoms with van der Waals surface area (Å²) in [6, 6.07) is 6.19. The van der Waals surface area contributed by atoms with E-state index in [-0.39, 0.29) is 0 Å². The van der Waals surface area contributed by atoms with Crippen LogP contribution in [0.4, 0.5) is 0 Å². The van der Waals surface area contributed by atoms with Crippen molar-refractivity contribution >= 4 is 10.9 Å². The van der Waals surface area contributed by atoms with E-state index in [1.165, 1.54) is 36.9 Å². The Morgan fingerprint density at radius 2 is 2.12 bits per heavy atom.